The Morgan fingerprint density at radius 3 is 1.71 bits per heavy atom. The van der Waals surface area contributed by atoms with Crippen LogP contribution >= 0.6 is 0 Å². The van der Waals surface area contributed by atoms with Crippen molar-refractivity contribution in [2.24, 2.45) is 50.7 Å². The molecule has 0 bridgehead atoms. The average Bonchev–Trinajstić information content (AvgIpc) is 3.62. The molecule has 0 amide bonds. The van der Waals surface area contributed by atoms with Crippen LogP contribution in [0.15, 0.2) is 72.3 Å². The molecule has 0 radical (unpaired) electrons. The van der Waals surface area contributed by atoms with Crippen molar-refractivity contribution >= 4 is 11.9 Å². The molecule has 13 atom stereocenters. The van der Waals surface area contributed by atoms with E-state index >= 15 is 13.2 Å². The minimum absolute atomic E-state index is 0.00826. The molecule has 2 spiro atoms. The van der Waals surface area contributed by atoms with E-state index in [9.17, 15) is 22.8 Å². The highest BCUT2D eigenvalue weighted by Crippen LogP contribution is 2.89. The average molecular weight is 889 g/mol. The van der Waals surface area contributed by atoms with Crippen LogP contribution in [-0.4, -0.2) is 63.4 Å². The van der Waals surface area contributed by atoms with Crippen molar-refractivity contribution in [3.05, 3.63) is 83.4 Å². The second-order valence-corrected chi connectivity index (χ2v) is 21.0. The predicted molar refractivity (Wildman–Crippen MR) is 222 cm³/mol. The van der Waals surface area contributed by atoms with Gasteiger partial charge in [-0.3, -0.25) is 0 Å². The topological polar surface area (TPSA) is 80.3 Å². The van der Waals surface area contributed by atoms with Gasteiger partial charge in [0, 0.05) is 36.7 Å². The molecular weight excluding hydrogens is 827 g/mol. The monoisotopic (exact) mass is 888 g/mol. The molecule has 1 heterocycles. The van der Waals surface area contributed by atoms with E-state index in [1.807, 2.05) is 33.8 Å². The van der Waals surface area contributed by atoms with Gasteiger partial charge in [-0.15, -0.1) is 0 Å². The number of fused-ring (bicyclic) bond motifs is 2. The number of hydrogen-bond acceptors (Lipinski definition) is 7. The largest absolute Gasteiger partial charge is 0.459 e. The van der Waals surface area contributed by atoms with E-state index in [1.54, 1.807) is 12.1 Å². The van der Waals surface area contributed by atoms with Crippen molar-refractivity contribution in [1.29, 1.82) is 0 Å². The first-order valence-electron chi connectivity index (χ1n) is 22.5. The first kappa shape index (κ1) is 46.1. The lowest BCUT2D eigenvalue weighted by Crippen LogP contribution is -2.59. The number of hydrogen-bond donors (Lipinski definition) is 0. The van der Waals surface area contributed by atoms with Crippen LogP contribution < -0.4 is 0 Å². The molecule has 0 aromatic heterocycles. The maximum atomic E-state index is 15.1. The summed E-state index contributed by atoms with van der Waals surface area (Å²) < 4.78 is 119. The van der Waals surface area contributed by atoms with Crippen LogP contribution in [0.3, 0.4) is 0 Å². The minimum atomic E-state index is -5.12. The van der Waals surface area contributed by atoms with E-state index in [2.05, 4.69) is 13.8 Å². The van der Waals surface area contributed by atoms with E-state index in [0.717, 1.165) is 71.2 Å². The van der Waals surface area contributed by atoms with E-state index in [-0.39, 0.29) is 57.1 Å². The number of ether oxygens (including phenoxy) is 5. The Bertz CT molecular complexity index is 2090. The SMILES string of the molecule is CO[C@@](C(=O)O[C@H]1[C@H]([C@H]2CC[C@@]3(C)[C@@H]4CC[C@H]5C(C)(C)[C@@H](OC(=O)[C@](OC)(c6ccccc6)C(F)(F)F)CC[C@@]56C[C@@]46CC[C@]23C)CO[C@@H]1C=C(C)C)(c1ccccc1)C(F)(F)F. The molecule has 0 unspecified atom stereocenters. The lowest BCUT2D eigenvalue weighted by atomic mass is 9.41. The van der Waals surface area contributed by atoms with Gasteiger partial charge in [0.1, 0.15) is 18.3 Å². The van der Waals surface area contributed by atoms with Gasteiger partial charge in [0.05, 0.1) is 6.61 Å². The Morgan fingerprint density at radius 2 is 1.19 bits per heavy atom. The zero-order chi connectivity index (χ0) is 45.8. The van der Waals surface area contributed by atoms with Gasteiger partial charge in [0.15, 0.2) is 0 Å². The van der Waals surface area contributed by atoms with Gasteiger partial charge in [-0.2, -0.15) is 26.3 Å². The summed E-state index contributed by atoms with van der Waals surface area (Å²) >= 11 is 0. The summed E-state index contributed by atoms with van der Waals surface area (Å²) in [7, 11) is 1.77. The van der Waals surface area contributed by atoms with Crippen LogP contribution in [0.25, 0.3) is 0 Å². The maximum Gasteiger partial charge on any atom is 0.432 e. The molecular formula is C50H62F6O7. The second kappa shape index (κ2) is 15.3. The lowest BCUT2D eigenvalue weighted by Gasteiger charge is -2.63. The standard InChI is InChI=1S/C50H62F6O7/c1-30(2)27-35-39(63-41(58)48(60-8,50(54,55)56)32-17-13-10-14-18-32)33(28-61-35)34-21-23-44(6)37-20-19-36-42(3,4)38(22-24-45(36)29-46(37,45)26-25-43(34,44)5)62-40(57)47(59-7,49(51,52)53)31-15-11-9-12-16-31/h9-18,27,33-39H,19-26,28-29H2,1-8H3/t33-,34+,35+,36-,37-,38-,39-,43+,44-,45+,46-,47+,48+/m0/s1. The van der Waals surface area contributed by atoms with Gasteiger partial charge >= 0.3 is 24.3 Å². The molecule has 6 fully saturated rings. The van der Waals surface area contributed by atoms with E-state index in [1.165, 1.54) is 48.5 Å². The van der Waals surface area contributed by atoms with Crippen molar-refractivity contribution in [3.63, 3.8) is 0 Å². The molecule has 5 saturated carbocycles. The predicted octanol–water partition coefficient (Wildman–Crippen LogP) is 11.4. The molecule has 63 heavy (non-hydrogen) atoms. The third-order valence-electron chi connectivity index (χ3n) is 18.2. The smallest absolute Gasteiger partial charge is 0.432 e. The first-order valence-corrected chi connectivity index (χ1v) is 22.5. The Hall–Kier alpha value is -3.42. The van der Waals surface area contributed by atoms with E-state index in [4.69, 9.17) is 23.7 Å². The fraction of sp³-hybridized carbons (Fsp3) is 0.680. The number of esters is 2. The summed E-state index contributed by atoms with van der Waals surface area (Å²) in [6.45, 7) is 12.8. The zero-order valence-corrected chi connectivity index (χ0v) is 37.6. The quantitative estimate of drug-likeness (QED) is 0.134. The molecule has 346 valence electrons. The van der Waals surface area contributed by atoms with Crippen LogP contribution in [0.2, 0.25) is 0 Å². The number of halogens is 6. The second-order valence-electron chi connectivity index (χ2n) is 21.0. The van der Waals surface area contributed by atoms with Gasteiger partial charge < -0.3 is 23.7 Å². The number of allylic oxidation sites excluding steroid dienone is 1. The zero-order valence-electron chi connectivity index (χ0n) is 37.6. The van der Waals surface area contributed by atoms with Crippen LogP contribution in [0.4, 0.5) is 26.3 Å². The lowest BCUT2D eigenvalue weighted by molar-refractivity contribution is -0.282. The Kier molecular flexibility index (Phi) is 11.2. The Labute approximate surface area is 367 Å². The summed E-state index contributed by atoms with van der Waals surface area (Å²) in [4.78, 5) is 28.0. The van der Waals surface area contributed by atoms with E-state index < -0.39 is 59.2 Å². The van der Waals surface area contributed by atoms with Crippen LogP contribution in [0.5, 0.6) is 0 Å². The number of alkyl halides is 6. The van der Waals surface area contributed by atoms with Crippen LogP contribution in [-0.2, 0) is 44.5 Å². The first-order chi connectivity index (χ1) is 29.5. The molecule has 6 aliphatic rings. The summed E-state index contributed by atoms with van der Waals surface area (Å²) in [6.07, 6.45) is -3.37. The van der Waals surface area contributed by atoms with Crippen molar-refractivity contribution in [3.8, 4) is 0 Å². The van der Waals surface area contributed by atoms with Gasteiger partial charge in [0.25, 0.3) is 11.2 Å². The fourth-order valence-electron chi connectivity index (χ4n) is 15.1. The molecule has 2 aromatic rings. The number of benzene rings is 2. The molecule has 2 aromatic carbocycles. The van der Waals surface area contributed by atoms with Crippen molar-refractivity contribution in [2.75, 3.05) is 20.8 Å². The van der Waals surface area contributed by atoms with Gasteiger partial charge in [-0.05, 0) is 111 Å². The Balaban J connectivity index is 1.05. The molecule has 7 nitrogen and oxygen atoms in total. The summed E-state index contributed by atoms with van der Waals surface area (Å²) in [5, 5.41) is 0. The minimum Gasteiger partial charge on any atom is -0.459 e. The molecule has 1 aliphatic heterocycles. The van der Waals surface area contributed by atoms with Crippen molar-refractivity contribution < 1.29 is 59.6 Å². The maximum absolute atomic E-state index is 15.1. The molecule has 5 aliphatic carbocycles. The highest BCUT2D eigenvalue weighted by molar-refractivity contribution is 5.83. The molecule has 0 N–H and O–H groups in total. The Morgan fingerprint density at radius 1 is 0.667 bits per heavy atom. The number of rotatable bonds is 10. The third kappa shape index (κ3) is 6.37. The normalized spacial score (nSPS) is 38.7. The summed E-state index contributed by atoms with van der Waals surface area (Å²) in [5.74, 6) is -2.88. The van der Waals surface area contributed by atoms with Crippen molar-refractivity contribution in [2.45, 2.75) is 141 Å². The fourth-order valence-corrected chi connectivity index (χ4v) is 15.1. The number of carbonyl (C=O) groups is 2. The van der Waals surface area contributed by atoms with E-state index in [0.29, 0.717) is 12.3 Å². The summed E-state index contributed by atoms with van der Waals surface area (Å²) in [5.41, 5.74) is -7.45. The summed E-state index contributed by atoms with van der Waals surface area (Å²) in [6, 6.07) is 13.8. The van der Waals surface area contributed by atoms with Crippen LogP contribution in [0.1, 0.15) is 110 Å². The van der Waals surface area contributed by atoms with Gasteiger partial charge in [0.2, 0.25) is 0 Å². The van der Waals surface area contributed by atoms with Crippen LogP contribution in [0, 0.1) is 50.7 Å². The highest BCUT2D eigenvalue weighted by atomic mass is 19.4. The number of carbonyl (C=O) groups excluding carboxylic acids is 2. The van der Waals surface area contributed by atoms with Gasteiger partial charge in [-0.1, -0.05) is 100 Å². The third-order valence-corrected chi connectivity index (χ3v) is 18.2. The molecule has 1 saturated heterocycles. The molecule has 13 heteroatoms. The molecule has 8 rings (SSSR count). The van der Waals surface area contributed by atoms with Crippen molar-refractivity contribution in [1.82, 2.24) is 0 Å². The van der Waals surface area contributed by atoms with Gasteiger partial charge in [-0.25, -0.2) is 9.59 Å². The number of methoxy groups -OCH3 is 2. The highest BCUT2D eigenvalue weighted by Gasteiger charge is 2.83.